The van der Waals surface area contributed by atoms with Gasteiger partial charge in [-0.3, -0.25) is 4.79 Å². The van der Waals surface area contributed by atoms with E-state index in [-0.39, 0.29) is 0 Å². The molecule has 0 amide bonds. The molecule has 0 radical (unpaired) electrons. The minimum Gasteiger partial charge on any atom is -0.494 e. The number of carboxylic acids is 1. The zero-order valence-corrected chi connectivity index (χ0v) is 13.8. The minimum atomic E-state index is -0.824. The van der Waals surface area contributed by atoms with Gasteiger partial charge in [-0.2, -0.15) is 0 Å². The molecule has 1 heterocycles. The van der Waals surface area contributed by atoms with E-state index in [2.05, 4.69) is 0 Å². The fourth-order valence-corrected chi connectivity index (χ4v) is 3.24. The van der Waals surface area contributed by atoms with Gasteiger partial charge in [0.1, 0.15) is 5.75 Å². The molecule has 1 fully saturated rings. The summed E-state index contributed by atoms with van der Waals surface area (Å²) >= 11 is 0. The monoisotopic (exact) mass is 326 g/mol. The maximum absolute atomic E-state index is 11.9. The Balaban J connectivity index is 1.85. The summed E-state index contributed by atoms with van der Waals surface area (Å²) < 4.78 is 10.8. The third-order valence-corrected chi connectivity index (χ3v) is 4.69. The maximum Gasteiger partial charge on any atom is 0.314 e. The van der Waals surface area contributed by atoms with Gasteiger partial charge in [-0.1, -0.05) is 36.4 Å². The predicted octanol–water partition coefficient (Wildman–Crippen LogP) is 3.89. The number of rotatable bonds is 5. The van der Waals surface area contributed by atoms with E-state index in [9.17, 15) is 9.90 Å². The first-order valence-electron chi connectivity index (χ1n) is 8.30. The lowest BCUT2D eigenvalue weighted by Crippen LogP contribution is -2.41. The number of hydrogen-bond donors (Lipinski definition) is 1. The largest absolute Gasteiger partial charge is 0.494 e. The number of hydrogen-bond acceptors (Lipinski definition) is 3. The van der Waals surface area contributed by atoms with Crippen LogP contribution in [0.15, 0.2) is 48.5 Å². The molecule has 2 aromatic rings. The molecule has 0 aliphatic carbocycles. The zero-order chi connectivity index (χ0) is 17.0. The fraction of sp³-hybridized carbons (Fsp3) is 0.350. The Labute approximate surface area is 142 Å². The third-order valence-electron chi connectivity index (χ3n) is 4.69. The first-order chi connectivity index (χ1) is 11.7. The molecule has 2 aromatic carbocycles. The van der Waals surface area contributed by atoms with E-state index < -0.39 is 11.4 Å². The van der Waals surface area contributed by atoms with Crippen molar-refractivity contribution < 1.29 is 19.4 Å². The van der Waals surface area contributed by atoms with Gasteiger partial charge in [-0.05, 0) is 48.6 Å². The van der Waals surface area contributed by atoms with E-state index in [1.54, 1.807) is 0 Å². The Bertz CT molecular complexity index is 683. The van der Waals surface area contributed by atoms with E-state index in [0.29, 0.717) is 32.7 Å². The third kappa shape index (κ3) is 3.15. The van der Waals surface area contributed by atoms with Gasteiger partial charge in [0.05, 0.1) is 12.0 Å². The molecule has 0 unspecified atom stereocenters. The van der Waals surface area contributed by atoms with Crippen molar-refractivity contribution in [2.45, 2.75) is 25.2 Å². The quantitative estimate of drug-likeness (QED) is 0.906. The van der Waals surface area contributed by atoms with E-state index in [0.717, 1.165) is 22.4 Å². The number of benzene rings is 2. The fourth-order valence-electron chi connectivity index (χ4n) is 3.24. The molecule has 24 heavy (non-hydrogen) atoms. The van der Waals surface area contributed by atoms with Crippen LogP contribution in [0, 0.1) is 0 Å². The second-order valence-corrected chi connectivity index (χ2v) is 6.03. The van der Waals surface area contributed by atoms with Gasteiger partial charge in [0.25, 0.3) is 0 Å². The van der Waals surface area contributed by atoms with Crippen molar-refractivity contribution in [2.24, 2.45) is 0 Å². The molecular weight excluding hydrogens is 304 g/mol. The van der Waals surface area contributed by atoms with Crippen LogP contribution in [-0.2, 0) is 14.9 Å². The zero-order valence-electron chi connectivity index (χ0n) is 13.8. The predicted molar refractivity (Wildman–Crippen MR) is 92.4 cm³/mol. The second kappa shape index (κ2) is 7.05. The highest BCUT2D eigenvalue weighted by molar-refractivity contribution is 5.82. The second-order valence-electron chi connectivity index (χ2n) is 6.03. The molecule has 0 bridgehead atoms. The first kappa shape index (κ1) is 16.5. The van der Waals surface area contributed by atoms with E-state index in [1.807, 2.05) is 55.5 Å². The van der Waals surface area contributed by atoms with Crippen molar-refractivity contribution in [3.8, 4) is 16.9 Å². The van der Waals surface area contributed by atoms with Gasteiger partial charge in [-0.15, -0.1) is 0 Å². The highest BCUT2D eigenvalue weighted by Gasteiger charge is 2.41. The lowest BCUT2D eigenvalue weighted by atomic mass is 9.74. The summed E-state index contributed by atoms with van der Waals surface area (Å²) in [6.07, 6.45) is 1.04. The summed E-state index contributed by atoms with van der Waals surface area (Å²) in [5, 5.41) is 9.74. The molecule has 1 saturated heterocycles. The summed E-state index contributed by atoms with van der Waals surface area (Å²) in [6.45, 7) is 3.59. The summed E-state index contributed by atoms with van der Waals surface area (Å²) in [4.78, 5) is 11.9. The molecule has 0 saturated carbocycles. The van der Waals surface area contributed by atoms with Crippen LogP contribution in [0.2, 0.25) is 0 Å². The minimum absolute atomic E-state index is 0.493. The summed E-state index contributed by atoms with van der Waals surface area (Å²) in [7, 11) is 0. The van der Waals surface area contributed by atoms with Crippen molar-refractivity contribution in [1.29, 1.82) is 0 Å². The highest BCUT2D eigenvalue weighted by Crippen LogP contribution is 2.36. The normalized spacial score (nSPS) is 16.5. The van der Waals surface area contributed by atoms with E-state index >= 15 is 0 Å². The van der Waals surface area contributed by atoms with Crippen LogP contribution in [0.4, 0.5) is 0 Å². The number of ether oxygens (including phenoxy) is 2. The molecule has 0 atom stereocenters. The molecule has 3 rings (SSSR count). The Morgan fingerprint density at radius 2 is 1.58 bits per heavy atom. The molecule has 4 nitrogen and oxygen atoms in total. The molecule has 1 N–H and O–H groups in total. The number of carbonyl (C=O) groups is 1. The van der Waals surface area contributed by atoms with Gasteiger partial charge in [0, 0.05) is 13.2 Å². The maximum atomic E-state index is 11.9. The molecular formula is C20H22O4. The van der Waals surface area contributed by atoms with Gasteiger partial charge in [0.2, 0.25) is 0 Å². The van der Waals surface area contributed by atoms with Crippen LogP contribution in [0.25, 0.3) is 11.1 Å². The van der Waals surface area contributed by atoms with Crippen molar-refractivity contribution in [1.82, 2.24) is 0 Å². The Morgan fingerprint density at radius 3 is 2.08 bits per heavy atom. The van der Waals surface area contributed by atoms with Crippen molar-refractivity contribution in [2.75, 3.05) is 19.8 Å². The smallest absolute Gasteiger partial charge is 0.314 e. The summed E-state index contributed by atoms with van der Waals surface area (Å²) in [5.41, 5.74) is 2.18. The Morgan fingerprint density at radius 1 is 1.04 bits per heavy atom. The van der Waals surface area contributed by atoms with Crippen LogP contribution in [0.1, 0.15) is 25.3 Å². The van der Waals surface area contributed by atoms with Crippen LogP contribution in [0.3, 0.4) is 0 Å². The van der Waals surface area contributed by atoms with E-state index in [4.69, 9.17) is 9.47 Å². The molecule has 0 spiro atoms. The Kier molecular flexibility index (Phi) is 4.86. The highest BCUT2D eigenvalue weighted by atomic mass is 16.5. The van der Waals surface area contributed by atoms with Crippen LogP contribution < -0.4 is 4.74 Å². The lowest BCUT2D eigenvalue weighted by molar-refractivity contribution is -0.147. The topological polar surface area (TPSA) is 55.8 Å². The molecule has 0 aromatic heterocycles. The van der Waals surface area contributed by atoms with Crippen molar-refractivity contribution in [3.63, 3.8) is 0 Å². The van der Waals surface area contributed by atoms with Gasteiger partial charge in [-0.25, -0.2) is 0 Å². The van der Waals surface area contributed by atoms with Crippen LogP contribution in [0.5, 0.6) is 5.75 Å². The van der Waals surface area contributed by atoms with Gasteiger partial charge < -0.3 is 14.6 Å². The Hall–Kier alpha value is -2.33. The van der Waals surface area contributed by atoms with Crippen molar-refractivity contribution >= 4 is 5.97 Å². The van der Waals surface area contributed by atoms with Crippen molar-refractivity contribution in [3.05, 3.63) is 54.1 Å². The standard InChI is InChI=1S/C20H22O4/c1-2-24-18-9-5-16(6-10-18)15-3-7-17(8-4-15)20(19(21)22)11-13-23-14-12-20/h3-10H,2,11-14H2,1H3,(H,21,22). The van der Waals surface area contributed by atoms with Crippen LogP contribution in [-0.4, -0.2) is 30.9 Å². The molecule has 126 valence electrons. The summed E-state index contributed by atoms with van der Waals surface area (Å²) in [5.74, 6) is 0.0875. The van der Waals surface area contributed by atoms with Crippen LogP contribution >= 0.6 is 0 Å². The SMILES string of the molecule is CCOc1ccc(-c2ccc(C3(C(=O)O)CCOCC3)cc2)cc1. The van der Waals surface area contributed by atoms with Gasteiger partial charge >= 0.3 is 5.97 Å². The number of carboxylic acid groups (broad SMARTS) is 1. The molecule has 4 heteroatoms. The lowest BCUT2D eigenvalue weighted by Gasteiger charge is -2.33. The number of aliphatic carboxylic acids is 1. The summed E-state index contributed by atoms with van der Waals surface area (Å²) in [6, 6.07) is 15.8. The molecule has 1 aliphatic heterocycles. The van der Waals surface area contributed by atoms with Gasteiger partial charge in [0.15, 0.2) is 0 Å². The molecule has 1 aliphatic rings. The van der Waals surface area contributed by atoms with E-state index in [1.165, 1.54) is 0 Å². The average molecular weight is 326 g/mol. The average Bonchev–Trinajstić information content (AvgIpc) is 2.63. The first-order valence-corrected chi connectivity index (χ1v) is 8.30.